The van der Waals surface area contributed by atoms with E-state index in [2.05, 4.69) is 46.5 Å². The third kappa shape index (κ3) is 5.68. The molecule has 6 nitrogen and oxygen atoms in total. The summed E-state index contributed by atoms with van der Waals surface area (Å²) >= 11 is 2.03. The van der Waals surface area contributed by atoms with E-state index in [9.17, 15) is 0 Å². The topological polar surface area (TPSA) is 66.2 Å². The monoisotopic (exact) mass is 299 g/mol. The highest BCUT2D eigenvalue weighted by Crippen LogP contribution is 2.09. The van der Waals surface area contributed by atoms with Crippen LogP contribution in [0.5, 0.6) is 0 Å². The van der Waals surface area contributed by atoms with Crippen LogP contribution in [0.1, 0.15) is 26.7 Å². The van der Waals surface area contributed by atoms with E-state index in [1.54, 1.807) is 0 Å². The summed E-state index contributed by atoms with van der Waals surface area (Å²) in [5.74, 6) is 3.10. The second-order valence-corrected chi connectivity index (χ2v) is 7.21. The molecule has 0 radical (unpaired) electrons. The highest BCUT2D eigenvalue weighted by atomic mass is 32.2. The minimum Gasteiger partial charge on any atom is -0.407 e. The fourth-order valence-electron chi connectivity index (χ4n) is 1.88. The van der Waals surface area contributed by atoms with Crippen LogP contribution in [0.4, 0.5) is 6.01 Å². The van der Waals surface area contributed by atoms with Gasteiger partial charge in [-0.25, -0.2) is 0 Å². The molecule has 1 fully saturated rings. The summed E-state index contributed by atoms with van der Waals surface area (Å²) < 4.78 is 5.55. The SMILES string of the molecule is CC(C)(C)NCc1nnc(NCCN2CCSCC2)o1. The van der Waals surface area contributed by atoms with Crippen LogP contribution in [0.15, 0.2) is 4.42 Å². The minimum absolute atomic E-state index is 0.0499. The summed E-state index contributed by atoms with van der Waals surface area (Å²) in [6, 6.07) is 0.516. The van der Waals surface area contributed by atoms with E-state index in [-0.39, 0.29) is 5.54 Å². The second-order valence-electron chi connectivity index (χ2n) is 5.99. The summed E-state index contributed by atoms with van der Waals surface area (Å²) in [5.41, 5.74) is 0.0499. The molecule has 0 saturated carbocycles. The molecule has 1 aromatic rings. The van der Waals surface area contributed by atoms with E-state index < -0.39 is 0 Å². The fourth-order valence-corrected chi connectivity index (χ4v) is 2.86. The maximum absolute atomic E-state index is 5.55. The molecule has 7 heteroatoms. The fraction of sp³-hybridized carbons (Fsp3) is 0.846. The molecule has 0 atom stereocenters. The Balaban J connectivity index is 1.67. The third-order valence-corrected chi connectivity index (χ3v) is 3.99. The van der Waals surface area contributed by atoms with Crippen molar-refractivity contribution >= 4 is 17.8 Å². The Hall–Kier alpha value is -0.790. The van der Waals surface area contributed by atoms with Crippen molar-refractivity contribution in [1.29, 1.82) is 0 Å². The highest BCUT2D eigenvalue weighted by Gasteiger charge is 2.13. The largest absolute Gasteiger partial charge is 0.407 e. The lowest BCUT2D eigenvalue weighted by atomic mass is 10.1. The van der Waals surface area contributed by atoms with Gasteiger partial charge < -0.3 is 15.1 Å². The molecule has 1 saturated heterocycles. The predicted molar refractivity (Wildman–Crippen MR) is 83.1 cm³/mol. The number of hydrogen-bond acceptors (Lipinski definition) is 7. The van der Waals surface area contributed by atoms with Crippen LogP contribution in [-0.2, 0) is 6.54 Å². The molecular weight excluding hydrogens is 274 g/mol. The highest BCUT2D eigenvalue weighted by molar-refractivity contribution is 7.99. The molecule has 1 aromatic heterocycles. The van der Waals surface area contributed by atoms with Crippen molar-refractivity contribution in [2.24, 2.45) is 0 Å². The van der Waals surface area contributed by atoms with Gasteiger partial charge in [-0.3, -0.25) is 4.90 Å². The number of aromatic nitrogens is 2. The molecule has 0 unspecified atom stereocenters. The average Bonchev–Trinajstić information content (AvgIpc) is 2.85. The Bertz CT molecular complexity index is 398. The summed E-state index contributed by atoms with van der Waals surface area (Å²) in [7, 11) is 0. The van der Waals surface area contributed by atoms with Crippen LogP contribution in [0, 0.1) is 0 Å². The van der Waals surface area contributed by atoms with Gasteiger partial charge in [0.15, 0.2) is 0 Å². The summed E-state index contributed by atoms with van der Waals surface area (Å²) in [4.78, 5) is 2.46. The quantitative estimate of drug-likeness (QED) is 0.823. The van der Waals surface area contributed by atoms with Crippen molar-refractivity contribution in [2.45, 2.75) is 32.9 Å². The van der Waals surface area contributed by atoms with Gasteiger partial charge >= 0.3 is 6.01 Å². The Morgan fingerprint density at radius 1 is 1.25 bits per heavy atom. The second kappa shape index (κ2) is 7.28. The molecule has 2 heterocycles. The standard InChI is InChI=1S/C13H25N5OS/c1-13(2,3)15-10-11-16-17-12(19-11)14-4-5-18-6-8-20-9-7-18/h15H,4-10H2,1-3H3,(H,14,17). The van der Waals surface area contributed by atoms with Crippen LogP contribution in [-0.4, -0.2) is 58.3 Å². The van der Waals surface area contributed by atoms with E-state index in [0.29, 0.717) is 18.5 Å². The minimum atomic E-state index is 0.0499. The Labute approximate surface area is 125 Å². The lowest BCUT2D eigenvalue weighted by molar-refractivity contribution is 0.313. The van der Waals surface area contributed by atoms with Gasteiger partial charge in [-0.05, 0) is 20.8 Å². The van der Waals surface area contributed by atoms with Crippen LogP contribution in [0.25, 0.3) is 0 Å². The average molecular weight is 299 g/mol. The first-order valence-corrected chi connectivity index (χ1v) is 8.30. The van der Waals surface area contributed by atoms with E-state index >= 15 is 0 Å². The van der Waals surface area contributed by atoms with Gasteiger partial charge in [0.1, 0.15) is 0 Å². The van der Waals surface area contributed by atoms with Crippen molar-refractivity contribution in [3.63, 3.8) is 0 Å². The zero-order chi connectivity index (χ0) is 14.4. The number of anilines is 1. The van der Waals surface area contributed by atoms with Crippen LogP contribution < -0.4 is 10.6 Å². The van der Waals surface area contributed by atoms with Crippen molar-refractivity contribution in [3.05, 3.63) is 5.89 Å². The maximum Gasteiger partial charge on any atom is 0.315 e. The lowest BCUT2D eigenvalue weighted by Crippen LogP contribution is -2.36. The molecule has 0 spiro atoms. The van der Waals surface area contributed by atoms with Gasteiger partial charge in [0.2, 0.25) is 5.89 Å². The molecule has 0 amide bonds. The molecule has 0 aliphatic carbocycles. The molecule has 20 heavy (non-hydrogen) atoms. The third-order valence-electron chi connectivity index (χ3n) is 3.04. The Kier molecular flexibility index (Phi) is 5.68. The van der Waals surface area contributed by atoms with E-state index in [4.69, 9.17) is 4.42 Å². The lowest BCUT2D eigenvalue weighted by Gasteiger charge is -2.25. The predicted octanol–water partition coefficient (Wildman–Crippen LogP) is 1.42. The number of rotatable bonds is 6. The van der Waals surface area contributed by atoms with Crippen LogP contribution in [0.3, 0.4) is 0 Å². The van der Waals surface area contributed by atoms with Gasteiger partial charge in [-0.2, -0.15) is 11.8 Å². The summed E-state index contributed by atoms with van der Waals surface area (Å²) in [5, 5.41) is 14.6. The van der Waals surface area contributed by atoms with E-state index in [0.717, 1.165) is 13.1 Å². The molecule has 1 aliphatic heterocycles. The number of hydrogen-bond donors (Lipinski definition) is 2. The van der Waals surface area contributed by atoms with Gasteiger partial charge in [0.25, 0.3) is 0 Å². The van der Waals surface area contributed by atoms with Crippen molar-refractivity contribution < 1.29 is 4.42 Å². The van der Waals surface area contributed by atoms with Gasteiger partial charge in [-0.15, -0.1) is 5.10 Å². The van der Waals surface area contributed by atoms with E-state index in [1.165, 1.54) is 24.6 Å². The first-order valence-electron chi connectivity index (χ1n) is 7.14. The van der Waals surface area contributed by atoms with Gasteiger partial charge in [-0.1, -0.05) is 5.10 Å². The van der Waals surface area contributed by atoms with Crippen molar-refractivity contribution in [2.75, 3.05) is 43.0 Å². The van der Waals surface area contributed by atoms with Crippen LogP contribution >= 0.6 is 11.8 Å². The van der Waals surface area contributed by atoms with Crippen molar-refractivity contribution in [3.8, 4) is 0 Å². The molecule has 0 bridgehead atoms. The smallest absolute Gasteiger partial charge is 0.315 e. The van der Waals surface area contributed by atoms with E-state index in [1.807, 2.05) is 11.8 Å². The first kappa shape index (κ1) is 15.6. The summed E-state index contributed by atoms with van der Waals surface area (Å²) in [6.07, 6.45) is 0. The number of nitrogens with zero attached hydrogens (tertiary/aromatic N) is 3. The zero-order valence-electron chi connectivity index (χ0n) is 12.6. The normalized spacial score (nSPS) is 17.4. The number of thioether (sulfide) groups is 1. The zero-order valence-corrected chi connectivity index (χ0v) is 13.4. The number of nitrogens with one attached hydrogen (secondary N) is 2. The molecule has 114 valence electrons. The molecule has 1 aliphatic rings. The van der Waals surface area contributed by atoms with Crippen molar-refractivity contribution in [1.82, 2.24) is 20.4 Å². The van der Waals surface area contributed by atoms with Gasteiger partial charge in [0.05, 0.1) is 6.54 Å². The molecule has 0 aromatic carbocycles. The van der Waals surface area contributed by atoms with Crippen LogP contribution in [0.2, 0.25) is 0 Å². The molecular formula is C13H25N5OS. The Morgan fingerprint density at radius 2 is 2.00 bits per heavy atom. The Morgan fingerprint density at radius 3 is 2.70 bits per heavy atom. The maximum atomic E-state index is 5.55. The molecule has 2 rings (SSSR count). The summed E-state index contributed by atoms with van der Waals surface area (Å²) in [6.45, 7) is 11.2. The van der Waals surface area contributed by atoms with Gasteiger partial charge in [0, 0.05) is 43.2 Å². The first-order chi connectivity index (χ1) is 9.53. The molecule has 2 N–H and O–H groups in total.